The number of aromatic nitrogens is 1. The zero-order valence-corrected chi connectivity index (χ0v) is 28.2. The molecule has 0 spiro atoms. The van der Waals surface area contributed by atoms with Crippen LogP contribution in [0.5, 0.6) is 0 Å². The normalized spacial score (nSPS) is 13.7. The number of thiazole rings is 1. The molecule has 46 heavy (non-hydrogen) atoms. The number of carbonyl (C=O) groups is 1. The number of rotatable bonds is 13. The van der Waals surface area contributed by atoms with Crippen molar-refractivity contribution in [3.8, 4) is 10.6 Å². The molecule has 1 N–H and O–H groups in total. The molecule has 1 aliphatic rings. The summed E-state index contributed by atoms with van der Waals surface area (Å²) in [7, 11) is -0.742. The molecule has 12 heteroatoms. The predicted octanol–water partition coefficient (Wildman–Crippen LogP) is 6.12. The second-order valence-electron chi connectivity index (χ2n) is 11.0. The Hall–Kier alpha value is -3.49. The number of hydrogen-bond donors (Lipinski definition) is 1. The Morgan fingerprint density at radius 2 is 1.63 bits per heavy atom. The first-order valence-electron chi connectivity index (χ1n) is 15.0. The first kappa shape index (κ1) is 32.5. The summed E-state index contributed by atoms with van der Waals surface area (Å²) >= 11 is 3.23. The number of nitrogens with one attached hydrogen (secondary N) is 1. The van der Waals surface area contributed by atoms with Gasteiger partial charge in [-0.2, -0.15) is 4.31 Å². The maximum absolute atomic E-state index is 13.6. The predicted molar refractivity (Wildman–Crippen MR) is 184 cm³/mol. The smallest absolute Gasteiger partial charge is 0.256 e. The highest BCUT2D eigenvalue weighted by molar-refractivity contribution is 7.89. The average molecular weight is 677 g/mol. The Morgan fingerprint density at radius 1 is 0.935 bits per heavy atom. The lowest BCUT2D eigenvalue weighted by Crippen LogP contribution is -2.36. The molecular formula is C34H36N4O5S3. The largest absolute Gasteiger partial charge is 0.383 e. The van der Waals surface area contributed by atoms with E-state index >= 15 is 0 Å². The van der Waals surface area contributed by atoms with E-state index in [1.54, 1.807) is 34.8 Å². The fourth-order valence-corrected chi connectivity index (χ4v) is 9.37. The Morgan fingerprint density at radius 3 is 2.33 bits per heavy atom. The quantitative estimate of drug-likeness (QED) is 0.160. The second-order valence-corrected chi connectivity index (χ2v) is 15.1. The third kappa shape index (κ3) is 7.08. The number of sulfonamides is 1. The van der Waals surface area contributed by atoms with E-state index in [1.165, 1.54) is 46.7 Å². The molecule has 1 aliphatic heterocycles. The molecular weight excluding hydrogens is 641 g/mol. The van der Waals surface area contributed by atoms with Crippen LogP contribution in [0.15, 0.2) is 83.8 Å². The van der Waals surface area contributed by atoms with Crippen molar-refractivity contribution in [3.63, 3.8) is 0 Å². The van der Waals surface area contributed by atoms with Crippen LogP contribution in [0, 0.1) is 0 Å². The number of anilines is 1. The zero-order valence-electron chi connectivity index (χ0n) is 25.8. The lowest BCUT2D eigenvalue weighted by Gasteiger charge is -2.27. The summed E-state index contributed by atoms with van der Waals surface area (Å²) in [6.07, 6.45) is 0.856. The van der Waals surface area contributed by atoms with Crippen molar-refractivity contribution in [3.05, 3.63) is 100 Å². The van der Waals surface area contributed by atoms with E-state index in [0.717, 1.165) is 51.8 Å². The molecule has 0 radical (unpaired) electrons. The lowest BCUT2D eigenvalue weighted by atomic mass is 10.0. The molecule has 0 aliphatic carbocycles. The molecule has 2 aromatic heterocycles. The Bertz CT molecular complexity index is 1870. The number of benzene rings is 3. The van der Waals surface area contributed by atoms with Gasteiger partial charge in [0.2, 0.25) is 10.0 Å². The minimum atomic E-state index is -3.80. The summed E-state index contributed by atoms with van der Waals surface area (Å²) in [5.74, 6) is -0.304. The molecule has 1 amide bonds. The summed E-state index contributed by atoms with van der Waals surface area (Å²) in [4.78, 5) is 22.4. The molecule has 0 saturated carbocycles. The molecule has 240 valence electrons. The maximum Gasteiger partial charge on any atom is 0.256 e. The van der Waals surface area contributed by atoms with E-state index < -0.39 is 10.0 Å². The summed E-state index contributed by atoms with van der Waals surface area (Å²) in [6, 6.07) is 24.6. The van der Waals surface area contributed by atoms with E-state index in [4.69, 9.17) is 14.5 Å². The molecule has 0 atom stereocenters. The Balaban J connectivity index is 1.27. The van der Waals surface area contributed by atoms with Gasteiger partial charge in [0.05, 0.1) is 28.3 Å². The number of hydrogen-bond acceptors (Lipinski definition) is 9. The van der Waals surface area contributed by atoms with Gasteiger partial charge in [0.25, 0.3) is 5.91 Å². The van der Waals surface area contributed by atoms with E-state index in [2.05, 4.69) is 40.5 Å². The molecule has 3 heterocycles. The lowest BCUT2D eigenvalue weighted by molar-refractivity contribution is 0.102. The van der Waals surface area contributed by atoms with Gasteiger partial charge in [-0.1, -0.05) is 42.5 Å². The maximum atomic E-state index is 13.6. The van der Waals surface area contributed by atoms with Gasteiger partial charge in [-0.3, -0.25) is 9.69 Å². The summed E-state index contributed by atoms with van der Waals surface area (Å²) in [5, 5.41) is 4.81. The number of thiophene rings is 1. The van der Waals surface area contributed by atoms with Crippen molar-refractivity contribution in [2.45, 2.75) is 24.4 Å². The molecule has 0 fully saturated rings. The highest BCUT2D eigenvalue weighted by Gasteiger charge is 2.29. The molecule has 0 saturated heterocycles. The van der Waals surface area contributed by atoms with Crippen LogP contribution < -0.4 is 5.32 Å². The summed E-state index contributed by atoms with van der Waals surface area (Å²) < 4.78 is 39.3. The van der Waals surface area contributed by atoms with E-state index in [1.807, 2.05) is 24.3 Å². The molecule has 6 rings (SSSR count). The van der Waals surface area contributed by atoms with Crippen LogP contribution in [-0.4, -0.2) is 75.6 Å². The molecule has 0 unspecified atom stereocenters. The number of amides is 1. The minimum Gasteiger partial charge on any atom is -0.383 e. The Kier molecular flexibility index (Phi) is 10.2. The fraction of sp³-hybridized carbons (Fsp3) is 0.294. The van der Waals surface area contributed by atoms with Crippen LogP contribution >= 0.6 is 22.7 Å². The number of methoxy groups -OCH3 is 2. The number of para-hydroxylation sites is 1. The fourth-order valence-electron chi connectivity index (χ4n) is 5.57. The van der Waals surface area contributed by atoms with E-state index in [0.29, 0.717) is 5.56 Å². The van der Waals surface area contributed by atoms with Crippen LogP contribution in [0.2, 0.25) is 0 Å². The van der Waals surface area contributed by atoms with Gasteiger partial charge in [-0.25, -0.2) is 13.4 Å². The number of nitrogens with zero attached hydrogens (tertiary/aromatic N) is 3. The van der Waals surface area contributed by atoms with Crippen LogP contribution in [0.1, 0.15) is 26.4 Å². The minimum absolute atomic E-state index is 0.108. The van der Waals surface area contributed by atoms with Crippen molar-refractivity contribution in [2.75, 3.05) is 52.4 Å². The second kappa shape index (κ2) is 14.5. The molecule has 9 nitrogen and oxygen atoms in total. The Labute approximate surface area is 277 Å². The van der Waals surface area contributed by atoms with Crippen LogP contribution in [0.3, 0.4) is 0 Å². The molecule has 3 aromatic carbocycles. The third-order valence-electron chi connectivity index (χ3n) is 7.96. The van der Waals surface area contributed by atoms with Crippen molar-refractivity contribution in [2.24, 2.45) is 0 Å². The van der Waals surface area contributed by atoms with Crippen LogP contribution in [0.25, 0.3) is 20.8 Å². The molecule has 0 bridgehead atoms. The standard InChI is InChI=1S/C34H36N4O5S3/c1-42-20-18-38(19-21-43-2)46(40,41)26-14-12-25(13-15-26)32(39)36-34-31(33-35-28-10-6-7-11-29(28)44-33)27-16-17-37(23-30(27)45-34)22-24-8-4-3-5-9-24/h3-15H,16-23H2,1-2H3,(H,36,39). The number of fused-ring (bicyclic) bond motifs is 2. The van der Waals surface area contributed by atoms with Gasteiger partial charge in [-0.15, -0.1) is 22.7 Å². The van der Waals surface area contributed by atoms with Gasteiger partial charge in [-0.05, 0) is 53.9 Å². The monoisotopic (exact) mass is 676 g/mol. The highest BCUT2D eigenvalue weighted by Crippen LogP contribution is 2.46. The van der Waals surface area contributed by atoms with Crippen molar-refractivity contribution in [1.29, 1.82) is 0 Å². The van der Waals surface area contributed by atoms with Crippen molar-refractivity contribution in [1.82, 2.24) is 14.2 Å². The van der Waals surface area contributed by atoms with E-state index in [9.17, 15) is 13.2 Å². The number of ether oxygens (including phenoxy) is 2. The van der Waals surface area contributed by atoms with Gasteiger partial charge in [0, 0.05) is 62.9 Å². The molecule has 5 aromatic rings. The van der Waals surface area contributed by atoms with Crippen molar-refractivity contribution >= 4 is 53.8 Å². The summed E-state index contributed by atoms with van der Waals surface area (Å²) in [6.45, 7) is 3.48. The number of carbonyl (C=O) groups excluding carboxylic acids is 1. The zero-order chi connectivity index (χ0) is 32.1. The van der Waals surface area contributed by atoms with Crippen LogP contribution in [-0.2, 0) is 39.0 Å². The van der Waals surface area contributed by atoms with Crippen molar-refractivity contribution < 1.29 is 22.7 Å². The van der Waals surface area contributed by atoms with Crippen LogP contribution in [0.4, 0.5) is 5.00 Å². The van der Waals surface area contributed by atoms with Gasteiger partial charge < -0.3 is 14.8 Å². The third-order valence-corrected chi connectivity index (χ3v) is 12.1. The summed E-state index contributed by atoms with van der Waals surface area (Å²) in [5.41, 5.74) is 4.79. The first-order valence-corrected chi connectivity index (χ1v) is 18.1. The highest BCUT2D eigenvalue weighted by atomic mass is 32.2. The first-order chi connectivity index (χ1) is 22.4. The van der Waals surface area contributed by atoms with Gasteiger partial charge in [0.1, 0.15) is 10.0 Å². The average Bonchev–Trinajstić information content (AvgIpc) is 3.65. The van der Waals surface area contributed by atoms with Gasteiger partial charge in [0.15, 0.2) is 0 Å². The topological polar surface area (TPSA) is 101 Å². The van der Waals surface area contributed by atoms with Gasteiger partial charge >= 0.3 is 0 Å². The SMILES string of the molecule is COCCN(CCOC)S(=O)(=O)c1ccc(C(=O)Nc2sc3c(c2-c2nc4ccccc4s2)CCN(Cc2ccccc2)C3)cc1. The van der Waals surface area contributed by atoms with E-state index in [-0.39, 0.29) is 37.1 Å².